The average Bonchev–Trinajstić information content (AvgIpc) is 2.86. The number of nitrogens with zero attached hydrogens (tertiary/aromatic N) is 1. The lowest BCUT2D eigenvalue weighted by molar-refractivity contribution is 0.321. The summed E-state index contributed by atoms with van der Waals surface area (Å²) in [7, 11) is 0. The summed E-state index contributed by atoms with van der Waals surface area (Å²) in [4.78, 5) is 4.37. The first-order valence-corrected chi connectivity index (χ1v) is 6.84. The van der Waals surface area contributed by atoms with Gasteiger partial charge in [-0.05, 0) is 26.7 Å². The second-order valence-corrected chi connectivity index (χ2v) is 6.28. The van der Waals surface area contributed by atoms with E-state index in [1.807, 2.05) is 11.6 Å². The molecule has 0 radical (unpaired) electrons. The second-order valence-electron chi connectivity index (χ2n) is 5.39. The zero-order valence-electron chi connectivity index (χ0n) is 10.1. The molecule has 1 aromatic heterocycles. The van der Waals surface area contributed by atoms with Crippen LogP contribution >= 0.6 is 11.3 Å². The number of aromatic nitrogens is 1. The van der Waals surface area contributed by atoms with E-state index in [9.17, 15) is 0 Å². The number of hydrogen-bond donors (Lipinski definition) is 2. The molecule has 1 saturated carbocycles. The third kappa shape index (κ3) is 2.62. The quantitative estimate of drug-likeness (QED) is 0.847. The van der Waals surface area contributed by atoms with Crippen LogP contribution in [0, 0.1) is 0 Å². The van der Waals surface area contributed by atoms with Crippen molar-refractivity contribution in [2.75, 3.05) is 6.54 Å². The molecular formula is C12H21N3S. The normalized spacial score (nSPS) is 20.2. The molecular weight excluding hydrogens is 218 g/mol. The van der Waals surface area contributed by atoms with Gasteiger partial charge in [0.1, 0.15) is 5.01 Å². The van der Waals surface area contributed by atoms with Gasteiger partial charge in [0, 0.05) is 23.7 Å². The fourth-order valence-corrected chi connectivity index (χ4v) is 3.00. The second kappa shape index (κ2) is 4.43. The van der Waals surface area contributed by atoms with Crippen molar-refractivity contribution in [3.63, 3.8) is 0 Å². The number of nitrogens with two attached hydrogens (primary N) is 1. The topological polar surface area (TPSA) is 50.9 Å². The van der Waals surface area contributed by atoms with E-state index in [4.69, 9.17) is 5.73 Å². The first-order valence-electron chi connectivity index (χ1n) is 5.96. The van der Waals surface area contributed by atoms with Crippen LogP contribution in [0.15, 0.2) is 11.6 Å². The Labute approximate surface area is 101 Å². The summed E-state index contributed by atoms with van der Waals surface area (Å²) in [5, 5.41) is 6.72. The molecule has 1 aromatic rings. The van der Waals surface area contributed by atoms with E-state index in [0.29, 0.717) is 0 Å². The molecule has 0 unspecified atom stereocenters. The molecule has 0 spiro atoms. The molecule has 90 valence electrons. The number of rotatable bonds is 4. The Morgan fingerprint density at radius 1 is 1.50 bits per heavy atom. The molecule has 16 heavy (non-hydrogen) atoms. The van der Waals surface area contributed by atoms with Gasteiger partial charge in [-0.25, -0.2) is 4.98 Å². The number of nitrogens with one attached hydrogen (secondary N) is 1. The fourth-order valence-electron chi connectivity index (χ4n) is 2.26. The van der Waals surface area contributed by atoms with Crippen molar-refractivity contribution >= 4 is 11.3 Å². The predicted octanol–water partition coefficient (Wildman–Crippen LogP) is 2.24. The molecule has 2 rings (SSSR count). The SMILES string of the molecule is CC(C)(NCC1(N)CCCC1)c1nccs1. The van der Waals surface area contributed by atoms with Crippen LogP contribution in [0.3, 0.4) is 0 Å². The van der Waals surface area contributed by atoms with Crippen molar-refractivity contribution in [3.05, 3.63) is 16.6 Å². The maximum atomic E-state index is 6.34. The van der Waals surface area contributed by atoms with Gasteiger partial charge in [0.25, 0.3) is 0 Å². The summed E-state index contributed by atoms with van der Waals surface area (Å²) in [6.45, 7) is 5.23. The van der Waals surface area contributed by atoms with E-state index in [-0.39, 0.29) is 11.1 Å². The molecule has 0 atom stereocenters. The highest BCUT2D eigenvalue weighted by Crippen LogP contribution is 2.28. The molecule has 0 bridgehead atoms. The first kappa shape index (κ1) is 12.0. The highest BCUT2D eigenvalue weighted by molar-refractivity contribution is 7.09. The van der Waals surface area contributed by atoms with Gasteiger partial charge in [-0.15, -0.1) is 11.3 Å². The summed E-state index contributed by atoms with van der Waals surface area (Å²) in [6, 6.07) is 0. The van der Waals surface area contributed by atoms with E-state index in [1.54, 1.807) is 11.3 Å². The molecule has 0 saturated heterocycles. The Kier molecular flexibility index (Phi) is 3.33. The molecule has 3 N–H and O–H groups in total. The first-order chi connectivity index (χ1) is 7.52. The smallest absolute Gasteiger partial charge is 0.112 e. The largest absolute Gasteiger partial charge is 0.324 e. The maximum absolute atomic E-state index is 6.34. The fraction of sp³-hybridized carbons (Fsp3) is 0.750. The van der Waals surface area contributed by atoms with Gasteiger partial charge >= 0.3 is 0 Å². The molecule has 0 amide bonds. The van der Waals surface area contributed by atoms with Crippen LogP contribution in [0.4, 0.5) is 0 Å². The van der Waals surface area contributed by atoms with Crippen LogP contribution in [-0.4, -0.2) is 17.1 Å². The van der Waals surface area contributed by atoms with Crippen molar-refractivity contribution < 1.29 is 0 Å². The summed E-state index contributed by atoms with van der Waals surface area (Å²) >= 11 is 1.70. The Balaban J connectivity index is 1.94. The van der Waals surface area contributed by atoms with E-state index >= 15 is 0 Å². The minimum absolute atomic E-state index is 0.00846. The van der Waals surface area contributed by atoms with Crippen LogP contribution in [0.1, 0.15) is 44.5 Å². The van der Waals surface area contributed by atoms with E-state index in [0.717, 1.165) is 24.4 Å². The highest BCUT2D eigenvalue weighted by atomic mass is 32.1. The van der Waals surface area contributed by atoms with Crippen molar-refractivity contribution in [3.8, 4) is 0 Å². The number of hydrogen-bond acceptors (Lipinski definition) is 4. The summed E-state index contributed by atoms with van der Waals surface area (Å²) in [5.74, 6) is 0. The summed E-state index contributed by atoms with van der Waals surface area (Å²) in [6.07, 6.45) is 6.70. The Bertz CT molecular complexity index is 326. The van der Waals surface area contributed by atoms with E-state index in [2.05, 4.69) is 24.1 Å². The molecule has 4 heteroatoms. The van der Waals surface area contributed by atoms with Crippen LogP contribution in [-0.2, 0) is 5.54 Å². The number of thiazole rings is 1. The van der Waals surface area contributed by atoms with Gasteiger partial charge in [-0.3, -0.25) is 0 Å². The Hall–Kier alpha value is -0.450. The van der Waals surface area contributed by atoms with Crippen LogP contribution < -0.4 is 11.1 Å². The van der Waals surface area contributed by atoms with Crippen molar-refractivity contribution in [1.29, 1.82) is 0 Å². The Morgan fingerprint density at radius 2 is 2.19 bits per heavy atom. The van der Waals surface area contributed by atoms with Gasteiger partial charge in [-0.2, -0.15) is 0 Å². The lowest BCUT2D eigenvalue weighted by Gasteiger charge is -2.31. The Morgan fingerprint density at radius 3 is 2.75 bits per heavy atom. The maximum Gasteiger partial charge on any atom is 0.112 e. The molecule has 1 heterocycles. The standard InChI is InChI=1S/C12H21N3S/c1-11(2,10-14-7-8-16-10)15-9-12(13)5-3-4-6-12/h7-8,15H,3-6,9,13H2,1-2H3. The van der Waals surface area contributed by atoms with E-state index in [1.165, 1.54) is 12.8 Å². The lowest BCUT2D eigenvalue weighted by atomic mass is 9.97. The van der Waals surface area contributed by atoms with Gasteiger partial charge in [0.15, 0.2) is 0 Å². The minimum Gasteiger partial charge on any atom is -0.324 e. The van der Waals surface area contributed by atoms with Crippen molar-refractivity contribution in [1.82, 2.24) is 10.3 Å². The van der Waals surface area contributed by atoms with Gasteiger partial charge in [0.05, 0.1) is 5.54 Å². The molecule has 0 aromatic carbocycles. The highest BCUT2D eigenvalue weighted by Gasteiger charge is 2.32. The van der Waals surface area contributed by atoms with E-state index < -0.39 is 0 Å². The molecule has 1 fully saturated rings. The van der Waals surface area contributed by atoms with Crippen LogP contribution in [0.25, 0.3) is 0 Å². The molecule has 1 aliphatic rings. The van der Waals surface area contributed by atoms with Crippen molar-refractivity contribution in [2.24, 2.45) is 5.73 Å². The summed E-state index contributed by atoms with van der Waals surface area (Å²) in [5.41, 5.74) is 6.28. The van der Waals surface area contributed by atoms with Crippen LogP contribution in [0.5, 0.6) is 0 Å². The summed E-state index contributed by atoms with van der Waals surface area (Å²) < 4.78 is 0. The molecule has 3 nitrogen and oxygen atoms in total. The molecule has 0 aliphatic heterocycles. The van der Waals surface area contributed by atoms with Crippen molar-refractivity contribution in [2.45, 2.75) is 50.6 Å². The zero-order chi connectivity index (χ0) is 11.6. The van der Waals surface area contributed by atoms with Crippen LogP contribution in [0.2, 0.25) is 0 Å². The van der Waals surface area contributed by atoms with Gasteiger partial charge in [0.2, 0.25) is 0 Å². The monoisotopic (exact) mass is 239 g/mol. The average molecular weight is 239 g/mol. The molecule has 1 aliphatic carbocycles. The third-order valence-electron chi connectivity index (χ3n) is 3.45. The minimum atomic E-state index is -0.0663. The lowest BCUT2D eigenvalue weighted by Crippen LogP contribution is -2.51. The van der Waals surface area contributed by atoms with Gasteiger partial charge < -0.3 is 11.1 Å². The third-order valence-corrected chi connectivity index (χ3v) is 4.55. The van der Waals surface area contributed by atoms with Gasteiger partial charge in [-0.1, -0.05) is 12.8 Å². The zero-order valence-corrected chi connectivity index (χ0v) is 10.9. The predicted molar refractivity (Wildman–Crippen MR) is 68.5 cm³/mol.